The van der Waals surface area contributed by atoms with Crippen LogP contribution >= 0.6 is 0 Å². The Bertz CT molecular complexity index is 130. The van der Waals surface area contributed by atoms with Gasteiger partial charge in [0, 0.05) is 6.08 Å². The predicted octanol–water partition coefficient (Wildman–Crippen LogP) is 2.89. The van der Waals surface area contributed by atoms with Gasteiger partial charge in [-0.1, -0.05) is 32.8 Å². The Kier molecular flexibility index (Phi) is 5.86. The van der Waals surface area contributed by atoms with Crippen molar-refractivity contribution in [3.8, 4) is 6.07 Å². The highest BCUT2D eigenvalue weighted by atomic mass is 14.2. The van der Waals surface area contributed by atoms with Crippen molar-refractivity contribution in [1.29, 1.82) is 5.26 Å². The lowest BCUT2D eigenvalue weighted by Crippen LogP contribution is -1.87. The monoisotopic (exact) mass is 137 g/mol. The van der Waals surface area contributed by atoms with Gasteiger partial charge in [0.15, 0.2) is 0 Å². The first-order valence-corrected chi connectivity index (χ1v) is 3.87. The minimum atomic E-state index is 0.569. The zero-order valence-electron chi connectivity index (χ0n) is 6.80. The third-order valence-electron chi connectivity index (χ3n) is 1.51. The molecule has 0 heterocycles. The van der Waals surface area contributed by atoms with Crippen LogP contribution in [0.2, 0.25) is 0 Å². The largest absolute Gasteiger partial charge is 0.193 e. The second-order valence-corrected chi connectivity index (χ2v) is 2.61. The quantitative estimate of drug-likeness (QED) is 0.546. The maximum Gasteiger partial charge on any atom is 0.0908 e. The summed E-state index contributed by atoms with van der Waals surface area (Å²) in [4.78, 5) is 0. The Morgan fingerprint density at radius 3 is 2.80 bits per heavy atom. The van der Waals surface area contributed by atoms with Gasteiger partial charge in [0.1, 0.15) is 0 Å². The van der Waals surface area contributed by atoms with E-state index in [1.807, 2.05) is 12.1 Å². The second-order valence-electron chi connectivity index (χ2n) is 2.61. The number of rotatable bonds is 4. The van der Waals surface area contributed by atoms with E-state index in [0.717, 1.165) is 0 Å². The normalized spacial score (nSPS) is 13.3. The summed E-state index contributed by atoms with van der Waals surface area (Å²) in [6, 6.07) is 1.99. The van der Waals surface area contributed by atoms with Crippen LogP contribution in [0.5, 0.6) is 0 Å². The molecule has 1 heteroatoms. The van der Waals surface area contributed by atoms with Crippen LogP contribution in [0.25, 0.3) is 0 Å². The molecule has 0 aliphatic rings. The van der Waals surface area contributed by atoms with E-state index in [2.05, 4.69) is 13.8 Å². The van der Waals surface area contributed by atoms with Crippen LogP contribution < -0.4 is 0 Å². The SMILES string of the molecule is CCCC[C@H](C)/C=C\C#N. The van der Waals surface area contributed by atoms with Gasteiger partial charge in [-0.25, -0.2) is 0 Å². The summed E-state index contributed by atoms with van der Waals surface area (Å²) in [6.07, 6.45) is 7.24. The fourth-order valence-corrected chi connectivity index (χ4v) is 0.830. The second kappa shape index (κ2) is 6.35. The Labute approximate surface area is 63.4 Å². The summed E-state index contributed by atoms with van der Waals surface area (Å²) in [5, 5.41) is 8.20. The molecule has 0 N–H and O–H groups in total. The van der Waals surface area contributed by atoms with Gasteiger partial charge in [0.25, 0.3) is 0 Å². The third kappa shape index (κ3) is 5.37. The van der Waals surface area contributed by atoms with Crippen LogP contribution in [0.1, 0.15) is 33.1 Å². The van der Waals surface area contributed by atoms with E-state index in [9.17, 15) is 0 Å². The van der Waals surface area contributed by atoms with Crippen LogP contribution in [-0.2, 0) is 0 Å². The first-order chi connectivity index (χ1) is 4.81. The molecular weight excluding hydrogens is 122 g/mol. The highest BCUT2D eigenvalue weighted by Gasteiger charge is 1.93. The molecule has 0 aromatic heterocycles. The average Bonchev–Trinajstić information content (AvgIpc) is 1.97. The van der Waals surface area contributed by atoms with Gasteiger partial charge in [-0.05, 0) is 12.3 Å². The molecule has 0 aliphatic heterocycles. The molecule has 0 aliphatic carbocycles. The number of hydrogen-bond donors (Lipinski definition) is 0. The molecule has 0 radical (unpaired) electrons. The number of unbranched alkanes of at least 4 members (excludes halogenated alkanes) is 1. The Morgan fingerprint density at radius 1 is 1.60 bits per heavy atom. The van der Waals surface area contributed by atoms with E-state index in [4.69, 9.17) is 5.26 Å². The number of allylic oxidation sites excluding steroid dienone is 2. The Morgan fingerprint density at radius 2 is 2.30 bits per heavy atom. The molecule has 0 unspecified atom stereocenters. The molecule has 1 nitrogen and oxygen atoms in total. The predicted molar refractivity (Wildman–Crippen MR) is 43.4 cm³/mol. The minimum Gasteiger partial charge on any atom is -0.193 e. The number of nitriles is 1. The summed E-state index contributed by atoms with van der Waals surface area (Å²) < 4.78 is 0. The van der Waals surface area contributed by atoms with Crippen LogP contribution in [0, 0.1) is 17.2 Å². The van der Waals surface area contributed by atoms with Crippen molar-refractivity contribution in [1.82, 2.24) is 0 Å². The van der Waals surface area contributed by atoms with E-state index in [0.29, 0.717) is 5.92 Å². The van der Waals surface area contributed by atoms with Gasteiger partial charge in [0.2, 0.25) is 0 Å². The molecule has 10 heavy (non-hydrogen) atoms. The van der Waals surface area contributed by atoms with E-state index < -0.39 is 0 Å². The van der Waals surface area contributed by atoms with Crippen molar-refractivity contribution in [3.05, 3.63) is 12.2 Å². The third-order valence-corrected chi connectivity index (χ3v) is 1.51. The zero-order chi connectivity index (χ0) is 7.82. The van der Waals surface area contributed by atoms with Crippen LogP contribution in [0.15, 0.2) is 12.2 Å². The highest BCUT2D eigenvalue weighted by molar-refractivity contribution is 5.03. The van der Waals surface area contributed by atoms with E-state index >= 15 is 0 Å². The van der Waals surface area contributed by atoms with Gasteiger partial charge in [-0.15, -0.1) is 0 Å². The highest BCUT2D eigenvalue weighted by Crippen LogP contribution is 2.07. The number of nitrogens with zero attached hydrogens (tertiary/aromatic N) is 1. The van der Waals surface area contributed by atoms with Gasteiger partial charge >= 0.3 is 0 Å². The summed E-state index contributed by atoms with van der Waals surface area (Å²) in [7, 11) is 0. The molecule has 0 bridgehead atoms. The molecule has 0 spiro atoms. The van der Waals surface area contributed by atoms with Crippen molar-refractivity contribution in [2.24, 2.45) is 5.92 Å². The van der Waals surface area contributed by atoms with Crippen LogP contribution in [0.4, 0.5) is 0 Å². The Balaban J connectivity index is 3.35. The molecule has 0 rings (SSSR count). The maximum absolute atomic E-state index is 8.20. The fraction of sp³-hybridized carbons (Fsp3) is 0.667. The smallest absolute Gasteiger partial charge is 0.0908 e. The van der Waals surface area contributed by atoms with Gasteiger partial charge in [-0.2, -0.15) is 5.26 Å². The van der Waals surface area contributed by atoms with Crippen LogP contribution in [0.3, 0.4) is 0 Å². The first-order valence-electron chi connectivity index (χ1n) is 3.87. The maximum atomic E-state index is 8.20. The fourth-order valence-electron chi connectivity index (χ4n) is 0.830. The summed E-state index contributed by atoms with van der Waals surface area (Å²) in [5.74, 6) is 0.569. The molecule has 0 fully saturated rings. The minimum absolute atomic E-state index is 0.569. The average molecular weight is 137 g/mol. The molecule has 1 atom stereocenters. The lowest BCUT2D eigenvalue weighted by molar-refractivity contribution is 0.598. The van der Waals surface area contributed by atoms with E-state index in [1.165, 1.54) is 19.3 Å². The summed E-state index contributed by atoms with van der Waals surface area (Å²) in [6.45, 7) is 4.32. The molecular formula is C9H15N. The van der Waals surface area contributed by atoms with Crippen molar-refractivity contribution in [2.75, 3.05) is 0 Å². The lowest BCUT2D eigenvalue weighted by Gasteiger charge is -2.01. The zero-order valence-corrected chi connectivity index (χ0v) is 6.80. The lowest BCUT2D eigenvalue weighted by atomic mass is 10.0. The van der Waals surface area contributed by atoms with Crippen molar-refractivity contribution in [2.45, 2.75) is 33.1 Å². The van der Waals surface area contributed by atoms with Crippen molar-refractivity contribution < 1.29 is 0 Å². The molecule has 0 aromatic carbocycles. The molecule has 0 amide bonds. The Hall–Kier alpha value is -0.770. The van der Waals surface area contributed by atoms with Crippen molar-refractivity contribution in [3.63, 3.8) is 0 Å². The first kappa shape index (κ1) is 9.23. The standard InChI is InChI=1S/C9H15N/c1-3-4-6-9(2)7-5-8-10/h5,7,9H,3-4,6H2,1-2H3/b7-5-/t9-/m0/s1. The van der Waals surface area contributed by atoms with Crippen molar-refractivity contribution >= 4 is 0 Å². The van der Waals surface area contributed by atoms with E-state index in [1.54, 1.807) is 6.08 Å². The molecule has 0 saturated heterocycles. The summed E-state index contributed by atoms with van der Waals surface area (Å²) in [5.41, 5.74) is 0. The van der Waals surface area contributed by atoms with Crippen LogP contribution in [-0.4, -0.2) is 0 Å². The molecule has 0 saturated carbocycles. The van der Waals surface area contributed by atoms with Gasteiger partial charge in [-0.3, -0.25) is 0 Å². The number of hydrogen-bond acceptors (Lipinski definition) is 1. The van der Waals surface area contributed by atoms with Gasteiger partial charge in [0.05, 0.1) is 6.07 Å². The topological polar surface area (TPSA) is 23.8 Å². The van der Waals surface area contributed by atoms with Gasteiger partial charge < -0.3 is 0 Å². The van der Waals surface area contributed by atoms with E-state index in [-0.39, 0.29) is 0 Å². The molecule has 56 valence electrons. The molecule has 0 aromatic rings. The summed E-state index contributed by atoms with van der Waals surface area (Å²) >= 11 is 0.